The molecule has 196 valence electrons. The van der Waals surface area contributed by atoms with Gasteiger partial charge in [-0.05, 0) is 82.6 Å². The van der Waals surface area contributed by atoms with Gasteiger partial charge in [0.25, 0.3) is 5.91 Å². The minimum absolute atomic E-state index is 0.00379. The van der Waals surface area contributed by atoms with Crippen molar-refractivity contribution in [2.75, 3.05) is 0 Å². The van der Waals surface area contributed by atoms with Crippen molar-refractivity contribution in [1.82, 2.24) is 14.7 Å². The molecule has 2 amide bonds. The molecule has 8 heteroatoms. The van der Waals surface area contributed by atoms with Crippen LogP contribution in [0.25, 0.3) is 0 Å². The molecule has 0 aromatic heterocycles. The van der Waals surface area contributed by atoms with E-state index in [1.165, 1.54) is 11.1 Å². The van der Waals surface area contributed by atoms with Crippen molar-refractivity contribution in [3.05, 3.63) is 11.1 Å². The van der Waals surface area contributed by atoms with Gasteiger partial charge < -0.3 is 14.9 Å². The van der Waals surface area contributed by atoms with Crippen LogP contribution in [0.2, 0.25) is 0 Å². The highest BCUT2D eigenvalue weighted by Gasteiger charge is 2.56. The normalized spacial score (nSPS) is 36.3. The number of aliphatic imine (C=N–C) groups is 1. The summed E-state index contributed by atoms with van der Waals surface area (Å²) in [7, 11) is 0. The summed E-state index contributed by atoms with van der Waals surface area (Å²) in [4.78, 5) is 51.1. The lowest BCUT2D eigenvalue weighted by molar-refractivity contribution is -0.152. The molecule has 3 heterocycles. The number of nitrogens with zero attached hydrogens (tertiary/aromatic N) is 4. The van der Waals surface area contributed by atoms with Gasteiger partial charge in [0.05, 0.1) is 12.1 Å². The molecule has 6 rings (SSSR count). The summed E-state index contributed by atoms with van der Waals surface area (Å²) in [6.07, 6.45) is 12.5. The number of fused-ring (bicyclic) bond motifs is 3. The van der Waals surface area contributed by atoms with E-state index in [2.05, 4.69) is 6.92 Å². The second-order valence-corrected chi connectivity index (χ2v) is 11.8. The molecule has 0 aromatic carbocycles. The van der Waals surface area contributed by atoms with E-state index in [0.717, 1.165) is 70.6 Å². The topological polar surface area (TPSA) is 93.5 Å². The van der Waals surface area contributed by atoms with Crippen LogP contribution in [0, 0.1) is 5.92 Å². The predicted molar refractivity (Wildman–Crippen MR) is 135 cm³/mol. The van der Waals surface area contributed by atoms with Crippen LogP contribution >= 0.6 is 0 Å². The second kappa shape index (κ2) is 9.18. The van der Waals surface area contributed by atoms with Gasteiger partial charge in [0.1, 0.15) is 18.1 Å². The number of amides is 2. The van der Waals surface area contributed by atoms with Gasteiger partial charge in [-0.3, -0.25) is 14.5 Å². The Hall–Kier alpha value is -2.38. The van der Waals surface area contributed by atoms with E-state index in [1.54, 1.807) is 4.90 Å². The van der Waals surface area contributed by atoms with Gasteiger partial charge in [0.15, 0.2) is 0 Å². The Labute approximate surface area is 213 Å². The molecule has 3 unspecified atom stereocenters. The van der Waals surface area contributed by atoms with Crippen LogP contribution in [-0.4, -0.2) is 79.8 Å². The van der Waals surface area contributed by atoms with E-state index in [1.807, 2.05) is 16.7 Å². The van der Waals surface area contributed by atoms with Crippen molar-refractivity contribution >= 4 is 23.7 Å². The molecular weight excluding hydrogens is 456 g/mol. The maximum atomic E-state index is 14.2. The maximum Gasteiger partial charge on any atom is 0.326 e. The van der Waals surface area contributed by atoms with Gasteiger partial charge in [-0.2, -0.15) is 0 Å². The molecule has 7 atom stereocenters. The van der Waals surface area contributed by atoms with Crippen LogP contribution in [0.4, 0.5) is 0 Å². The molecule has 0 radical (unpaired) electrons. The lowest BCUT2D eigenvalue weighted by Crippen LogP contribution is -2.57. The fraction of sp³-hybridized carbons (Fsp3) is 0.786. The first-order valence-electron chi connectivity index (χ1n) is 14.4. The summed E-state index contributed by atoms with van der Waals surface area (Å²) in [5.41, 5.74) is 2.90. The number of hydrogen-bond acceptors (Lipinski definition) is 5. The maximum absolute atomic E-state index is 14.2. The zero-order valence-electron chi connectivity index (χ0n) is 21.7. The lowest BCUT2D eigenvalue weighted by Gasteiger charge is -2.44. The number of aliphatic carboxylic acids is 1. The van der Waals surface area contributed by atoms with Gasteiger partial charge in [-0.25, -0.2) is 9.79 Å². The predicted octanol–water partition coefficient (Wildman–Crippen LogP) is 3.70. The third-order valence-electron chi connectivity index (χ3n) is 9.89. The van der Waals surface area contributed by atoms with Crippen LogP contribution in [0.3, 0.4) is 0 Å². The quantitative estimate of drug-likeness (QED) is 0.586. The molecule has 6 aliphatic rings. The highest BCUT2D eigenvalue weighted by molar-refractivity contribution is 6.09. The number of carbonyl (C=O) groups is 3. The zero-order chi connectivity index (χ0) is 25.1. The number of hydrogen-bond donors (Lipinski definition) is 1. The van der Waals surface area contributed by atoms with Crippen LogP contribution in [-0.2, 0) is 14.4 Å². The monoisotopic (exact) mass is 496 g/mol. The van der Waals surface area contributed by atoms with E-state index in [4.69, 9.17) is 4.99 Å². The Balaban J connectivity index is 1.37. The number of rotatable bonds is 5. The van der Waals surface area contributed by atoms with Gasteiger partial charge in [0.2, 0.25) is 11.9 Å². The molecule has 3 aliphatic heterocycles. The van der Waals surface area contributed by atoms with Crippen molar-refractivity contribution in [2.24, 2.45) is 10.9 Å². The fourth-order valence-electron chi connectivity index (χ4n) is 8.35. The molecule has 0 aromatic rings. The third kappa shape index (κ3) is 3.53. The summed E-state index contributed by atoms with van der Waals surface area (Å²) < 4.78 is 0. The smallest absolute Gasteiger partial charge is 0.326 e. The van der Waals surface area contributed by atoms with Crippen LogP contribution in [0.15, 0.2) is 16.1 Å². The van der Waals surface area contributed by atoms with Crippen LogP contribution < -0.4 is 0 Å². The Kier molecular flexibility index (Phi) is 6.11. The molecule has 2 saturated heterocycles. The van der Waals surface area contributed by atoms with Crippen molar-refractivity contribution in [3.8, 4) is 0 Å². The largest absolute Gasteiger partial charge is 0.480 e. The Morgan fingerprint density at radius 3 is 2.58 bits per heavy atom. The Bertz CT molecular complexity index is 1020. The SMILES string of the molecule is CCCC1C(=O)N2C(=NC3CCCC4=C3C2CCC4)N1[C@@H](C)C(=O)N1[C@H](C(=O)O)C[C@@H]2CCCC[C@@H]21. The highest BCUT2D eigenvalue weighted by Crippen LogP contribution is 2.45. The highest BCUT2D eigenvalue weighted by atomic mass is 16.4. The first kappa shape index (κ1) is 24.0. The average Bonchev–Trinajstić information content (AvgIpc) is 3.40. The van der Waals surface area contributed by atoms with Crippen molar-refractivity contribution in [3.63, 3.8) is 0 Å². The summed E-state index contributed by atoms with van der Waals surface area (Å²) in [6.45, 7) is 3.95. The molecule has 3 fully saturated rings. The molecule has 0 bridgehead atoms. The van der Waals surface area contributed by atoms with Gasteiger partial charge in [-0.1, -0.05) is 31.8 Å². The number of guanidine groups is 1. The number of likely N-dealkylation sites (tertiary alicyclic amines) is 1. The first-order chi connectivity index (χ1) is 17.4. The van der Waals surface area contributed by atoms with E-state index in [-0.39, 0.29) is 35.9 Å². The van der Waals surface area contributed by atoms with E-state index < -0.39 is 24.1 Å². The van der Waals surface area contributed by atoms with Crippen molar-refractivity contribution < 1.29 is 19.5 Å². The standard InChI is InChI=1S/C28H40N4O4/c1-3-8-22-26(34)32-21-14-7-11-17-10-6-12-19(24(17)21)29-28(32)30(22)16(2)25(33)31-20-13-5-4-9-18(20)15-23(31)27(35)36/h16,18-23H,3-15H2,1-2H3,(H,35,36)/t16-,18-,19?,20-,21?,22?,23-/m0/s1. The van der Waals surface area contributed by atoms with E-state index in [0.29, 0.717) is 18.8 Å². The number of allylic oxidation sites excluding steroid dienone is 1. The number of carboxylic acid groups (broad SMARTS) is 1. The van der Waals surface area contributed by atoms with Crippen molar-refractivity contribution in [1.29, 1.82) is 0 Å². The van der Waals surface area contributed by atoms with Crippen molar-refractivity contribution in [2.45, 2.75) is 134 Å². The zero-order valence-corrected chi connectivity index (χ0v) is 21.7. The number of carboxylic acids is 1. The van der Waals surface area contributed by atoms with E-state index in [9.17, 15) is 19.5 Å². The molecule has 1 saturated carbocycles. The molecule has 0 spiro atoms. The Morgan fingerprint density at radius 1 is 1.08 bits per heavy atom. The second-order valence-electron chi connectivity index (χ2n) is 11.8. The summed E-state index contributed by atoms with van der Waals surface area (Å²) >= 11 is 0. The minimum atomic E-state index is -0.907. The van der Waals surface area contributed by atoms with E-state index >= 15 is 0 Å². The van der Waals surface area contributed by atoms with Crippen LogP contribution in [0.5, 0.6) is 0 Å². The summed E-state index contributed by atoms with van der Waals surface area (Å²) in [5.74, 6) is -0.0421. The molecular formula is C28H40N4O4. The van der Waals surface area contributed by atoms with Crippen LogP contribution in [0.1, 0.15) is 97.3 Å². The van der Waals surface area contributed by atoms with Gasteiger partial charge in [-0.15, -0.1) is 0 Å². The number of carbonyl (C=O) groups excluding carboxylic acids is 2. The summed E-state index contributed by atoms with van der Waals surface area (Å²) in [6, 6.07) is -1.61. The third-order valence-corrected chi connectivity index (χ3v) is 9.89. The lowest BCUT2D eigenvalue weighted by atomic mass is 9.75. The average molecular weight is 497 g/mol. The molecule has 3 aliphatic carbocycles. The first-order valence-corrected chi connectivity index (χ1v) is 14.4. The molecule has 1 N–H and O–H groups in total. The van der Waals surface area contributed by atoms with Gasteiger partial charge >= 0.3 is 5.97 Å². The molecule has 36 heavy (non-hydrogen) atoms. The molecule has 8 nitrogen and oxygen atoms in total. The Morgan fingerprint density at radius 2 is 1.83 bits per heavy atom. The minimum Gasteiger partial charge on any atom is -0.480 e. The fourth-order valence-corrected chi connectivity index (χ4v) is 8.35. The van der Waals surface area contributed by atoms with Gasteiger partial charge in [0, 0.05) is 6.04 Å². The summed E-state index contributed by atoms with van der Waals surface area (Å²) in [5, 5.41) is 10.0.